The van der Waals surface area contributed by atoms with Crippen LogP contribution in [0.25, 0.3) is 0 Å². The summed E-state index contributed by atoms with van der Waals surface area (Å²) in [7, 11) is 0. The summed E-state index contributed by atoms with van der Waals surface area (Å²) in [5.74, 6) is 1.08. The van der Waals surface area contributed by atoms with Crippen molar-refractivity contribution in [2.45, 2.75) is 11.8 Å². The number of rotatable bonds is 13. The van der Waals surface area contributed by atoms with E-state index in [1.807, 2.05) is 48.5 Å². The van der Waals surface area contributed by atoms with Crippen LogP contribution in [0.4, 0.5) is 0 Å². The van der Waals surface area contributed by atoms with Crippen LogP contribution in [0.5, 0.6) is 23.0 Å². The van der Waals surface area contributed by atoms with E-state index in [-0.39, 0.29) is 11.8 Å². The topological polar surface area (TPSA) is 105 Å². The van der Waals surface area contributed by atoms with E-state index in [9.17, 15) is 19.2 Å². The average molecular weight is 510 g/mol. The molecule has 4 rings (SSSR count). The molecule has 0 unspecified atom stereocenters. The van der Waals surface area contributed by atoms with E-state index >= 15 is 0 Å². The second-order valence-corrected chi connectivity index (χ2v) is 8.09. The first-order valence-electron chi connectivity index (χ1n) is 11.5. The molecule has 0 saturated carbocycles. The normalized spacial score (nSPS) is 10.5. The monoisotopic (exact) mass is 510 g/mol. The second kappa shape index (κ2) is 12.6. The first-order chi connectivity index (χ1) is 18.7. The van der Waals surface area contributed by atoms with Gasteiger partial charge in [-0.05, 0) is 70.8 Å². The van der Waals surface area contributed by atoms with E-state index in [1.54, 1.807) is 48.5 Å². The third kappa shape index (κ3) is 6.11. The van der Waals surface area contributed by atoms with E-state index in [0.29, 0.717) is 48.9 Å². The second-order valence-electron chi connectivity index (χ2n) is 8.09. The van der Waals surface area contributed by atoms with Crippen LogP contribution < -0.4 is 18.9 Å². The van der Waals surface area contributed by atoms with Gasteiger partial charge < -0.3 is 18.9 Å². The van der Waals surface area contributed by atoms with E-state index in [4.69, 9.17) is 18.9 Å². The summed E-state index contributed by atoms with van der Waals surface area (Å²) >= 11 is 0. The Morgan fingerprint density at radius 2 is 0.526 bits per heavy atom. The SMILES string of the molecule is O=COc1ccc(C(c2ccc(OC=O)cc2)C(c2ccc(OC=O)cc2)c2ccc(OC=O)cc2)cc1. The first-order valence-corrected chi connectivity index (χ1v) is 11.5. The summed E-state index contributed by atoms with van der Waals surface area (Å²) < 4.78 is 19.9. The van der Waals surface area contributed by atoms with E-state index in [1.165, 1.54) is 0 Å². The predicted octanol–water partition coefficient (Wildman–Crippen LogP) is 4.79. The fourth-order valence-corrected chi connectivity index (χ4v) is 4.39. The Balaban J connectivity index is 1.88. The fraction of sp³-hybridized carbons (Fsp3) is 0.0667. The van der Waals surface area contributed by atoms with Crippen molar-refractivity contribution in [3.63, 3.8) is 0 Å². The maximum absolute atomic E-state index is 10.8. The van der Waals surface area contributed by atoms with Crippen molar-refractivity contribution >= 4 is 25.9 Å². The highest BCUT2D eigenvalue weighted by atomic mass is 16.5. The van der Waals surface area contributed by atoms with Gasteiger partial charge in [0.15, 0.2) is 0 Å². The van der Waals surface area contributed by atoms with Gasteiger partial charge in [0.1, 0.15) is 23.0 Å². The molecule has 0 bridgehead atoms. The standard InChI is InChI=1S/C30H22O8/c31-17-35-25-9-1-21(2-10-25)29(22-3-11-26(12-4-22)36-18-32)30(23-5-13-27(14-6-23)37-19-33)24-7-15-28(16-8-24)38-20-34/h1-20,29-30H. The molecule has 0 atom stereocenters. The van der Waals surface area contributed by atoms with Gasteiger partial charge in [0.05, 0.1) is 0 Å². The van der Waals surface area contributed by atoms with E-state index < -0.39 is 0 Å². The Bertz CT molecular complexity index is 1150. The minimum absolute atomic E-state index is 0.263. The van der Waals surface area contributed by atoms with Crippen LogP contribution in [-0.2, 0) is 19.2 Å². The number of carbonyl (C=O) groups is 4. The minimum atomic E-state index is -0.263. The summed E-state index contributed by atoms with van der Waals surface area (Å²) in [6.07, 6.45) is 0. The van der Waals surface area contributed by atoms with Crippen LogP contribution in [0.2, 0.25) is 0 Å². The highest BCUT2D eigenvalue weighted by molar-refractivity contribution is 5.52. The third-order valence-electron chi connectivity index (χ3n) is 6.03. The maximum atomic E-state index is 10.8. The van der Waals surface area contributed by atoms with Crippen LogP contribution >= 0.6 is 0 Å². The molecule has 8 heteroatoms. The van der Waals surface area contributed by atoms with Crippen molar-refractivity contribution < 1.29 is 38.1 Å². The lowest BCUT2D eigenvalue weighted by Gasteiger charge is -2.30. The summed E-state index contributed by atoms with van der Waals surface area (Å²) in [6.45, 7) is 1.47. The lowest BCUT2D eigenvalue weighted by molar-refractivity contribution is -0.121. The summed E-state index contributed by atoms with van der Waals surface area (Å²) in [5.41, 5.74) is 3.66. The maximum Gasteiger partial charge on any atom is 0.298 e. The molecule has 0 fully saturated rings. The van der Waals surface area contributed by atoms with Gasteiger partial charge in [-0.15, -0.1) is 0 Å². The van der Waals surface area contributed by atoms with Gasteiger partial charge in [-0.1, -0.05) is 48.5 Å². The van der Waals surface area contributed by atoms with Crippen molar-refractivity contribution in [1.82, 2.24) is 0 Å². The molecule has 0 aliphatic rings. The lowest BCUT2D eigenvalue weighted by atomic mass is 9.73. The molecule has 0 radical (unpaired) electrons. The van der Waals surface area contributed by atoms with Gasteiger partial charge >= 0.3 is 0 Å². The Morgan fingerprint density at radius 1 is 0.342 bits per heavy atom. The molecular weight excluding hydrogens is 488 g/mol. The quantitative estimate of drug-likeness (QED) is 0.237. The van der Waals surface area contributed by atoms with Crippen LogP contribution in [-0.4, -0.2) is 25.9 Å². The summed E-state index contributed by atoms with van der Waals surface area (Å²) in [5, 5.41) is 0. The van der Waals surface area contributed by atoms with Crippen molar-refractivity contribution in [2.75, 3.05) is 0 Å². The molecule has 0 aromatic heterocycles. The molecule has 0 N–H and O–H groups in total. The molecule has 0 aliphatic heterocycles. The van der Waals surface area contributed by atoms with Crippen molar-refractivity contribution in [2.24, 2.45) is 0 Å². The number of benzene rings is 4. The van der Waals surface area contributed by atoms with Gasteiger partial charge in [-0.3, -0.25) is 19.2 Å². The minimum Gasteiger partial charge on any atom is -0.429 e. The lowest BCUT2D eigenvalue weighted by Crippen LogP contribution is -2.15. The van der Waals surface area contributed by atoms with Gasteiger partial charge in [0.25, 0.3) is 25.9 Å². The first kappa shape index (κ1) is 25.8. The molecule has 8 nitrogen and oxygen atoms in total. The largest absolute Gasteiger partial charge is 0.429 e. The molecule has 190 valence electrons. The van der Waals surface area contributed by atoms with Gasteiger partial charge in [0.2, 0.25) is 0 Å². The zero-order valence-electron chi connectivity index (χ0n) is 20.0. The highest BCUT2D eigenvalue weighted by Gasteiger charge is 2.29. The summed E-state index contributed by atoms with van der Waals surface area (Å²) in [4.78, 5) is 43.2. The predicted molar refractivity (Wildman–Crippen MR) is 136 cm³/mol. The average Bonchev–Trinajstić information content (AvgIpc) is 2.95. The number of ether oxygens (including phenoxy) is 4. The van der Waals surface area contributed by atoms with Gasteiger partial charge in [-0.25, -0.2) is 0 Å². The van der Waals surface area contributed by atoms with E-state index in [0.717, 1.165) is 22.3 Å². The van der Waals surface area contributed by atoms with Crippen LogP contribution in [0.3, 0.4) is 0 Å². The molecule has 4 aromatic carbocycles. The number of hydrogen-bond donors (Lipinski definition) is 0. The molecule has 4 aromatic rings. The Kier molecular flexibility index (Phi) is 8.60. The third-order valence-corrected chi connectivity index (χ3v) is 6.03. The molecule has 0 spiro atoms. The van der Waals surface area contributed by atoms with Crippen LogP contribution in [0, 0.1) is 0 Å². The molecule has 38 heavy (non-hydrogen) atoms. The van der Waals surface area contributed by atoms with Crippen molar-refractivity contribution in [1.29, 1.82) is 0 Å². The number of carbonyl (C=O) groups excluding carboxylic acids is 4. The number of hydrogen-bond acceptors (Lipinski definition) is 8. The Hall–Kier alpha value is -5.24. The van der Waals surface area contributed by atoms with E-state index in [2.05, 4.69) is 0 Å². The fourth-order valence-electron chi connectivity index (χ4n) is 4.39. The highest BCUT2D eigenvalue weighted by Crippen LogP contribution is 2.44. The molecule has 0 heterocycles. The van der Waals surface area contributed by atoms with Crippen molar-refractivity contribution in [3.05, 3.63) is 119 Å². The Morgan fingerprint density at radius 3 is 0.684 bits per heavy atom. The van der Waals surface area contributed by atoms with Crippen molar-refractivity contribution in [3.8, 4) is 23.0 Å². The molecule has 0 aliphatic carbocycles. The molecular formula is C30H22O8. The van der Waals surface area contributed by atoms with Crippen LogP contribution in [0.15, 0.2) is 97.1 Å². The van der Waals surface area contributed by atoms with Gasteiger partial charge in [-0.2, -0.15) is 0 Å². The Labute approximate surface area is 218 Å². The smallest absolute Gasteiger partial charge is 0.298 e. The zero-order valence-corrected chi connectivity index (χ0v) is 20.0. The zero-order chi connectivity index (χ0) is 26.7. The summed E-state index contributed by atoms with van der Waals surface area (Å²) in [6, 6.07) is 28.7. The van der Waals surface area contributed by atoms with Gasteiger partial charge in [0, 0.05) is 11.8 Å². The molecule has 0 saturated heterocycles. The molecule has 0 amide bonds. The van der Waals surface area contributed by atoms with Crippen LogP contribution in [0.1, 0.15) is 34.1 Å².